The fraction of sp³-hybridized carbons (Fsp3) is 0.273. The molecule has 0 aromatic heterocycles. The minimum absolute atomic E-state index is 0.0882. The first-order valence-corrected chi connectivity index (χ1v) is 9.81. The number of benzene rings is 2. The van der Waals surface area contributed by atoms with Gasteiger partial charge in [-0.3, -0.25) is 9.59 Å². The standard InChI is InChI=1S/C22H15ClO7/c1-27-9-28-20-11(23)8-10-18-17(20)14(26)5-7-22(18)29-15-3-2-12(24)16-13(25)4-6-21(10,30-22)19(15)16/h2-3,5,7-8,24H,4,6,9H2,1H3/t21-,22+/m0/s1. The molecule has 2 aromatic rings. The number of hydrogen-bond acceptors (Lipinski definition) is 7. The lowest BCUT2D eigenvalue weighted by atomic mass is 9.73. The van der Waals surface area contributed by atoms with Gasteiger partial charge in [-0.15, -0.1) is 0 Å². The first-order valence-electron chi connectivity index (χ1n) is 9.43. The van der Waals surface area contributed by atoms with E-state index in [0.29, 0.717) is 28.9 Å². The van der Waals surface area contributed by atoms with E-state index in [9.17, 15) is 14.7 Å². The van der Waals surface area contributed by atoms with Crippen molar-refractivity contribution in [1.29, 1.82) is 0 Å². The highest BCUT2D eigenvalue weighted by Gasteiger charge is 2.64. The number of phenolic OH excluding ortho intramolecular Hbond substituents is 1. The molecule has 30 heavy (non-hydrogen) atoms. The van der Waals surface area contributed by atoms with Crippen LogP contribution < -0.4 is 9.47 Å². The molecule has 2 spiro atoms. The average Bonchev–Trinajstić information content (AvgIpc) is 2.94. The zero-order valence-electron chi connectivity index (χ0n) is 15.8. The summed E-state index contributed by atoms with van der Waals surface area (Å²) in [6.45, 7) is -0.0882. The molecule has 2 atom stereocenters. The summed E-state index contributed by atoms with van der Waals surface area (Å²) in [4.78, 5) is 25.6. The van der Waals surface area contributed by atoms with Crippen molar-refractivity contribution in [2.75, 3.05) is 13.9 Å². The van der Waals surface area contributed by atoms with Gasteiger partial charge in [-0.2, -0.15) is 0 Å². The number of halogens is 1. The van der Waals surface area contributed by atoms with E-state index in [1.54, 1.807) is 18.2 Å². The van der Waals surface area contributed by atoms with Gasteiger partial charge < -0.3 is 24.1 Å². The molecule has 152 valence electrons. The van der Waals surface area contributed by atoms with E-state index in [4.69, 9.17) is 30.5 Å². The van der Waals surface area contributed by atoms with Crippen LogP contribution in [0.4, 0.5) is 0 Å². The predicted molar refractivity (Wildman–Crippen MR) is 103 cm³/mol. The molecule has 2 heterocycles. The van der Waals surface area contributed by atoms with E-state index in [2.05, 4.69) is 0 Å². The van der Waals surface area contributed by atoms with Gasteiger partial charge in [0.1, 0.15) is 17.1 Å². The number of phenols is 1. The van der Waals surface area contributed by atoms with E-state index in [1.165, 1.54) is 19.3 Å². The summed E-state index contributed by atoms with van der Waals surface area (Å²) < 4.78 is 23.4. The summed E-state index contributed by atoms with van der Waals surface area (Å²) in [7, 11) is 1.47. The topological polar surface area (TPSA) is 91.3 Å². The van der Waals surface area contributed by atoms with Crippen molar-refractivity contribution in [2.45, 2.75) is 24.2 Å². The number of hydrogen-bond donors (Lipinski definition) is 1. The Hall–Kier alpha value is -2.87. The maximum Gasteiger partial charge on any atom is 0.260 e. The third kappa shape index (κ3) is 1.93. The van der Waals surface area contributed by atoms with Crippen LogP contribution in [0.1, 0.15) is 50.2 Å². The molecule has 2 bridgehead atoms. The summed E-state index contributed by atoms with van der Waals surface area (Å²) in [5, 5.41) is 10.7. The highest BCUT2D eigenvalue weighted by atomic mass is 35.5. The summed E-state index contributed by atoms with van der Waals surface area (Å²) in [5.41, 5.74) is 1.00. The van der Waals surface area contributed by atoms with Crippen molar-refractivity contribution in [3.05, 3.63) is 63.2 Å². The van der Waals surface area contributed by atoms with Crippen molar-refractivity contribution in [3.63, 3.8) is 0 Å². The Labute approximate surface area is 175 Å². The maximum atomic E-state index is 12.9. The van der Waals surface area contributed by atoms with E-state index in [0.717, 1.165) is 0 Å². The van der Waals surface area contributed by atoms with E-state index in [1.807, 2.05) is 0 Å². The first-order chi connectivity index (χ1) is 14.4. The second-order valence-corrected chi connectivity index (χ2v) is 8.10. The van der Waals surface area contributed by atoms with Gasteiger partial charge in [0, 0.05) is 30.2 Å². The SMILES string of the molecule is COCOc1c(Cl)cc2c3c1C(=O)C=C[C@]31Oc3ccc(O)c4c3[C@@]2(CCC4=O)O1. The fourth-order valence-corrected chi connectivity index (χ4v) is 5.34. The van der Waals surface area contributed by atoms with Gasteiger partial charge in [0.2, 0.25) is 0 Å². The van der Waals surface area contributed by atoms with Gasteiger partial charge in [0.15, 0.2) is 24.1 Å². The molecule has 0 saturated carbocycles. The van der Waals surface area contributed by atoms with Crippen molar-refractivity contribution in [1.82, 2.24) is 0 Å². The number of Topliss-reactive ketones (excluding diaryl/α,β-unsaturated/α-hetero) is 1. The van der Waals surface area contributed by atoms with Crippen LogP contribution in [0, 0.1) is 0 Å². The number of methoxy groups -OCH3 is 1. The molecule has 0 saturated heterocycles. The lowest BCUT2D eigenvalue weighted by Crippen LogP contribution is -2.45. The molecule has 2 aliphatic heterocycles. The van der Waals surface area contributed by atoms with E-state index >= 15 is 0 Å². The van der Waals surface area contributed by atoms with E-state index in [-0.39, 0.29) is 52.4 Å². The molecular formula is C22H15ClO7. The van der Waals surface area contributed by atoms with E-state index < -0.39 is 11.4 Å². The van der Waals surface area contributed by atoms with Crippen molar-refractivity contribution < 1.29 is 33.6 Å². The molecule has 0 radical (unpaired) electrons. The van der Waals surface area contributed by atoms with Crippen LogP contribution >= 0.6 is 11.6 Å². The highest BCUT2D eigenvalue weighted by Crippen LogP contribution is 2.65. The Balaban J connectivity index is 1.73. The molecule has 7 nitrogen and oxygen atoms in total. The normalized spacial score (nSPS) is 26.9. The number of rotatable bonds is 3. The molecule has 0 amide bonds. The number of aromatic hydroxyl groups is 1. The third-order valence-corrected chi connectivity index (χ3v) is 6.44. The Kier molecular flexibility index (Phi) is 3.37. The van der Waals surface area contributed by atoms with Gasteiger partial charge in [-0.1, -0.05) is 11.6 Å². The minimum atomic E-state index is -1.35. The zero-order chi connectivity index (χ0) is 20.8. The van der Waals surface area contributed by atoms with Crippen LogP contribution in [0.5, 0.6) is 17.2 Å². The van der Waals surface area contributed by atoms with Crippen LogP contribution in [0.15, 0.2) is 30.4 Å². The fourth-order valence-electron chi connectivity index (χ4n) is 5.08. The second-order valence-electron chi connectivity index (χ2n) is 7.69. The third-order valence-electron chi connectivity index (χ3n) is 6.16. The Morgan fingerprint density at radius 2 is 2.07 bits per heavy atom. The van der Waals surface area contributed by atoms with Crippen LogP contribution in [0.25, 0.3) is 0 Å². The molecule has 2 aromatic carbocycles. The van der Waals surface area contributed by atoms with Crippen molar-refractivity contribution in [3.8, 4) is 17.2 Å². The molecule has 0 fully saturated rings. The molecule has 4 aliphatic rings. The molecule has 6 rings (SSSR count). The van der Waals surface area contributed by atoms with Gasteiger partial charge in [-0.05, 0) is 36.8 Å². The Morgan fingerprint density at radius 3 is 2.87 bits per heavy atom. The van der Waals surface area contributed by atoms with Crippen LogP contribution in [-0.2, 0) is 20.9 Å². The largest absolute Gasteiger partial charge is 0.507 e. The quantitative estimate of drug-likeness (QED) is 0.750. The number of carbonyl (C=O) groups excluding carboxylic acids is 2. The molecule has 8 heteroatoms. The van der Waals surface area contributed by atoms with Gasteiger partial charge in [-0.25, -0.2) is 0 Å². The second kappa shape index (κ2) is 5.63. The summed E-state index contributed by atoms with van der Waals surface area (Å²) >= 11 is 6.55. The predicted octanol–water partition coefficient (Wildman–Crippen LogP) is 3.58. The molecule has 2 aliphatic carbocycles. The first kappa shape index (κ1) is 17.9. The minimum Gasteiger partial charge on any atom is -0.507 e. The van der Waals surface area contributed by atoms with Crippen LogP contribution in [0.3, 0.4) is 0 Å². The number of ether oxygens (including phenoxy) is 4. The Bertz CT molecular complexity index is 1220. The highest BCUT2D eigenvalue weighted by molar-refractivity contribution is 6.33. The van der Waals surface area contributed by atoms with Gasteiger partial charge in [0.05, 0.1) is 16.1 Å². The Morgan fingerprint density at radius 1 is 1.23 bits per heavy atom. The zero-order valence-corrected chi connectivity index (χ0v) is 16.5. The summed E-state index contributed by atoms with van der Waals surface area (Å²) in [5.74, 6) is -1.33. The lowest BCUT2D eigenvalue weighted by Gasteiger charge is -2.43. The van der Waals surface area contributed by atoms with Crippen LogP contribution in [-0.4, -0.2) is 30.6 Å². The monoisotopic (exact) mass is 426 g/mol. The van der Waals surface area contributed by atoms with Crippen molar-refractivity contribution in [2.24, 2.45) is 0 Å². The van der Waals surface area contributed by atoms with Gasteiger partial charge in [0.25, 0.3) is 5.79 Å². The van der Waals surface area contributed by atoms with Gasteiger partial charge >= 0.3 is 0 Å². The molecule has 1 N–H and O–H groups in total. The maximum absolute atomic E-state index is 12.9. The smallest absolute Gasteiger partial charge is 0.260 e. The number of ketones is 2. The number of allylic oxidation sites excluding steroid dienone is 1. The summed E-state index contributed by atoms with van der Waals surface area (Å²) in [6, 6.07) is 4.75. The van der Waals surface area contributed by atoms with Crippen LogP contribution in [0.2, 0.25) is 5.02 Å². The lowest BCUT2D eigenvalue weighted by molar-refractivity contribution is -0.220. The van der Waals surface area contributed by atoms with Crippen molar-refractivity contribution >= 4 is 23.2 Å². The number of carbonyl (C=O) groups is 2. The summed E-state index contributed by atoms with van der Waals surface area (Å²) in [6.07, 6.45) is 3.47. The molecule has 0 unspecified atom stereocenters. The molecular weight excluding hydrogens is 412 g/mol. The average molecular weight is 427 g/mol.